The fourth-order valence-corrected chi connectivity index (χ4v) is 2.20. The fourth-order valence-electron chi connectivity index (χ4n) is 0.733. The number of sulfone groups is 2. The molecule has 0 fully saturated rings. The molecule has 84 valence electrons. The highest BCUT2D eigenvalue weighted by Gasteiger charge is 2.18. The lowest BCUT2D eigenvalue weighted by Crippen LogP contribution is -2.09. The zero-order valence-electron chi connectivity index (χ0n) is 7.80. The van der Waals surface area contributed by atoms with Gasteiger partial charge in [-0.25, -0.2) is 26.8 Å². The van der Waals surface area contributed by atoms with E-state index in [2.05, 4.69) is 9.97 Å². The van der Waals surface area contributed by atoms with Crippen LogP contribution in [0.2, 0.25) is 5.15 Å². The summed E-state index contributed by atoms with van der Waals surface area (Å²) in [6.07, 6.45) is 1.77. The van der Waals surface area contributed by atoms with E-state index in [4.69, 9.17) is 11.6 Å². The molecule has 1 aromatic rings. The zero-order valence-corrected chi connectivity index (χ0v) is 10.2. The predicted octanol–water partition coefficient (Wildman–Crippen LogP) is -0.0630. The average molecular weight is 271 g/mol. The molecular formula is C6H7ClN2O4S2. The van der Waals surface area contributed by atoms with Crippen LogP contribution in [0.5, 0.6) is 0 Å². The van der Waals surface area contributed by atoms with Gasteiger partial charge < -0.3 is 0 Å². The van der Waals surface area contributed by atoms with Crippen molar-refractivity contribution in [3.8, 4) is 0 Å². The van der Waals surface area contributed by atoms with Gasteiger partial charge in [0.2, 0.25) is 15.0 Å². The summed E-state index contributed by atoms with van der Waals surface area (Å²) in [5.41, 5.74) is 0. The van der Waals surface area contributed by atoms with E-state index in [1.807, 2.05) is 0 Å². The molecule has 0 saturated carbocycles. The van der Waals surface area contributed by atoms with Crippen LogP contribution in [0.1, 0.15) is 0 Å². The highest BCUT2D eigenvalue weighted by Crippen LogP contribution is 2.14. The number of hydrogen-bond acceptors (Lipinski definition) is 6. The van der Waals surface area contributed by atoms with Gasteiger partial charge in [-0.1, -0.05) is 11.6 Å². The highest BCUT2D eigenvalue weighted by atomic mass is 35.5. The minimum Gasteiger partial charge on any atom is -0.222 e. The van der Waals surface area contributed by atoms with Gasteiger partial charge in [-0.3, -0.25) is 0 Å². The Balaban J connectivity index is 3.57. The molecule has 0 aliphatic heterocycles. The Bertz CT molecular complexity index is 543. The molecule has 0 amide bonds. The van der Waals surface area contributed by atoms with Gasteiger partial charge in [0.25, 0.3) is 0 Å². The van der Waals surface area contributed by atoms with Crippen molar-refractivity contribution in [3.63, 3.8) is 0 Å². The minimum atomic E-state index is -3.68. The summed E-state index contributed by atoms with van der Waals surface area (Å²) in [5.74, 6) is 0. The Morgan fingerprint density at radius 3 is 2.00 bits per heavy atom. The van der Waals surface area contributed by atoms with Gasteiger partial charge in [0.15, 0.2) is 14.9 Å². The summed E-state index contributed by atoms with van der Waals surface area (Å²) >= 11 is 5.48. The van der Waals surface area contributed by atoms with Gasteiger partial charge in [0.1, 0.15) is 5.15 Å². The van der Waals surface area contributed by atoms with Gasteiger partial charge in [-0.15, -0.1) is 0 Å². The number of nitrogens with zero attached hydrogens (tertiary/aromatic N) is 2. The quantitative estimate of drug-likeness (QED) is 0.552. The Labute approximate surface area is 92.2 Å². The van der Waals surface area contributed by atoms with Crippen molar-refractivity contribution >= 4 is 31.3 Å². The standard InChI is InChI=1S/C6H7ClN2O4S2/c1-14(10,11)5-3-4(7)8-6(9-5)15(2,12)13/h3H,1-2H3. The van der Waals surface area contributed by atoms with E-state index in [0.717, 1.165) is 18.6 Å². The van der Waals surface area contributed by atoms with Crippen LogP contribution in [-0.4, -0.2) is 39.3 Å². The summed E-state index contributed by atoms with van der Waals surface area (Å²) in [7, 11) is -7.29. The monoisotopic (exact) mass is 270 g/mol. The summed E-state index contributed by atoms with van der Waals surface area (Å²) in [6.45, 7) is 0. The van der Waals surface area contributed by atoms with Crippen molar-refractivity contribution in [1.82, 2.24) is 9.97 Å². The molecule has 0 radical (unpaired) electrons. The fraction of sp³-hybridized carbons (Fsp3) is 0.333. The maximum absolute atomic E-state index is 11.1. The third-order valence-electron chi connectivity index (χ3n) is 1.36. The summed E-state index contributed by atoms with van der Waals surface area (Å²) in [4.78, 5) is 6.83. The van der Waals surface area contributed by atoms with Gasteiger partial charge in [0.05, 0.1) is 0 Å². The minimum absolute atomic E-state index is 0.231. The van der Waals surface area contributed by atoms with E-state index in [-0.39, 0.29) is 5.15 Å². The molecule has 0 atom stereocenters. The van der Waals surface area contributed by atoms with E-state index in [9.17, 15) is 16.8 Å². The Kier molecular flexibility index (Phi) is 3.04. The van der Waals surface area contributed by atoms with E-state index >= 15 is 0 Å². The number of rotatable bonds is 2. The Hall–Kier alpha value is -0.730. The molecule has 9 heteroatoms. The van der Waals surface area contributed by atoms with Gasteiger partial charge >= 0.3 is 0 Å². The van der Waals surface area contributed by atoms with Crippen LogP contribution in [0, 0.1) is 0 Å². The summed E-state index contributed by atoms with van der Waals surface area (Å²) in [5, 5.41) is -1.25. The van der Waals surface area contributed by atoms with E-state index in [1.54, 1.807) is 0 Å². The molecule has 0 spiro atoms. The average Bonchev–Trinajstić information content (AvgIpc) is 1.99. The maximum atomic E-state index is 11.1. The van der Waals surface area contributed by atoms with E-state index < -0.39 is 29.9 Å². The maximum Gasteiger partial charge on any atom is 0.249 e. The molecule has 0 unspecified atom stereocenters. The van der Waals surface area contributed by atoms with Crippen LogP contribution in [0.4, 0.5) is 0 Å². The molecule has 0 saturated heterocycles. The topological polar surface area (TPSA) is 94.1 Å². The Morgan fingerprint density at radius 2 is 1.60 bits per heavy atom. The van der Waals surface area contributed by atoms with E-state index in [1.165, 1.54) is 0 Å². The lowest BCUT2D eigenvalue weighted by molar-refractivity contribution is 0.585. The highest BCUT2D eigenvalue weighted by molar-refractivity contribution is 7.91. The predicted molar refractivity (Wildman–Crippen MR) is 53.3 cm³/mol. The largest absolute Gasteiger partial charge is 0.249 e. The second-order valence-electron chi connectivity index (χ2n) is 2.86. The summed E-state index contributed by atoms with van der Waals surface area (Å²) < 4.78 is 44.4. The summed E-state index contributed by atoms with van der Waals surface area (Å²) in [6, 6.07) is 0.992. The molecular weight excluding hydrogens is 264 g/mol. The molecule has 1 rings (SSSR count). The molecule has 1 heterocycles. The Morgan fingerprint density at radius 1 is 1.07 bits per heavy atom. The number of aromatic nitrogens is 2. The van der Waals surface area contributed by atoms with Crippen LogP contribution in [0.15, 0.2) is 16.2 Å². The van der Waals surface area contributed by atoms with Crippen molar-refractivity contribution in [3.05, 3.63) is 11.2 Å². The molecule has 0 aliphatic carbocycles. The van der Waals surface area contributed by atoms with Crippen LogP contribution < -0.4 is 0 Å². The first kappa shape index (κ1) is 12.3. The van der Waals surface area contributed by atoms with Gasteiger partial charge in [-0.2, -0.15) is 0 Å². The van der Waals surface area contributed by atoms with Crippen LogP contribution >= 0.6 is 11.6 Å². The van der Waals surface area contributed by atoms with Gasteiger partial charge in [0, 0.05) is 18.6 Å². The van der Waals surface area contributed by atoms with Crippen LogP contribution in [0.3, 0.4) is 0 Å². The zero-order chi connectivity index (χ0) is 11.9. The lowest BCUT2D eigenvalue weighted by atomic mass is 10.7. The van der Waals surface area contributed by atoms with Crippen molar-refractivity contribution in [2.24, 2.45) is 0 Å². The number of hydrogen-bond donors (Lipinski definition) is 0. The van der Waals surface area contributed by atoms with Crippen molar-refractivity contribution in [2.75, 3.05) is 12.5 Å². The molecule has 1 aromatic heterocycles. The van der Waals surface area contributed by atoms with Crippen LogP contribution in [-0.2, 0) is 19.7 Å². The third kappa shape index (κ3) is 3.11. The van der Waals surface area contributed by atoms with Crippen molar-refractivity contribution in [1.29, 1.82) is 0 Å². The normalized spacial score (nSPS) is 12.7. The first-order valence-electron chi connectivity index (χ1n) is 3.55. The molecule has 6 nitrogen and oxygen atoms in total. The second kappa shape index (κ2) is 3.69. The van der Waals surface area contributed by atoms with Crippen molar-refractivity contribution < 1.29 is 16.8 Å². The lowest BCUT2D eigenvalue weighted by Gasteiger charge is -2.01. The number of halogens is 1. The molecule has 0 aromatic carbocycles. The molecule has 15 heavy (non-hydrogen) atoms. The molecule has 0 N–H and O–H groups in total. The SMILES string of the molecule is CS(=O)(=O)c1cc(Cl)nc(S(C)(=O)=O)n1. The van der Waals surface area contributed by atoms with Gasteiger partial charge in [-0.05, 0) is 0 Å². The van der Waals surface area contributed by atoms with Crippen molar-refractivity contribution in [2.45, 2.75) is 10.2 Å². The molecule has 0 aliphatic rings. The second-order valence-corrected chi connectivity index (χ2v) is 7.12. The van der Waals surface area contributed by atoms with Crippen LogP contribution in [0.25, 0.3) is 0 Å². The first-order valence-corrected chi connectivity index (χ1v) is 7.71. The molecule has 0 bridgehead atoms. The third-order valence-corrected chi connectivity index (χ3v) is 3.37. The first-order chi connectivity index (χ1) is 6.60. The smallest absolute Gasteiger partial charge is 0.222 e. The van der Waals surface area contributed by atoms with E-state index in [0.29, 0.717) is 0 Å².